The number of thiophene rings is 1. The van der Waals surface area contributed by atoms with Gasteiger partial charge in [0.2, 0.25) is 0 Å². The number of hydrogen-bond acceptors (Lipinski definition) is 1. The highest BCUT2D eigenvalue weighted by molar-refractivity contribution is 7.25. The van der Waals surface area contributed by atoms with E-state index >= 15 is 0 Å². The van der Waals surface area contributed by atoms with Crippen molar-refractivity contribution in [3.8, 4) is 33.4 Å². The Hall–Kier alpha value is -6.28. The van der Waals surface area contributed by atoms with Crippen LogP contribution in [-0.4, -0.2) is 0 Å². The van der Waals surface area contributed by atoms with Gasteiger partial charge in [0.25, 0.3) is 0 Å². The predicted octanol–water partition coefficient (Wildman–Crippen LogP) is 14.8. The van der Waals surface area contributed by atoms with Crippen LogP contribution in [0.2, 0.25) is 0 Å². The van der Waals surface area contributed by atoms with Crippen LogP contribution in [0.5, 0.6) is 0 Å². The molecule has 0 aliphatic rings. The fourth-order valence-corrected chi connectivity index (χ4v) is 9.56. The van der Waals surface area contributed by atoms with E-state index in [1.165, 1.54) is 107 Å². The summed E-state index contributed by atoms with van der Waals surface area (Å²) in [4.78, 5) is 0. The minimum Gasteiger partial charge on any atom is -0.135 e. The third-order valence-corrected chi connectivity index (χ3v) is 12.0. The van der Waals surface area contributed by atoms with Crippen LogP contribution in [0.25, 0.3) is 107 Å². The van der Waals surface area contributed by atoms with Gasteiger partial charge in [-0.3, -0.25) is 0 Å². The van der Waals surface area contributed by atoms with Crippen LogP contribution in [0.4, 0.5) is 0 Å². The molecule has 0 N–H and O–H groups in total. The number of rotatable bonds is 3. The molecule has 10 aromatic carbocycles. The summed E-state index contributed by atoms with van der Waals surface area (Å²) in [5.41, 5.74) is 7.40. The monoisotopic (exact) mass is 662 g/mol. The first-order chi connectivity index (χ1) is 25.3. The zero-order chi connectivity index (χ0) is 33.5. The summed E-state index contributed by atoms with van der Waals surface area (Å²) in [6.45, 7) is 0. The molecule has 0 spiro atoms. The highest BCUT2D eigenvalue weighted by atomic mass is 32.1. The second kappa shape index (κ2) is 11.1. The SMILES string of the molecule is c1ccc2c(c1)sc1cc(-c3ccc(-c4ccc(-c5ccc6c7ccccc7c7c8ccccc8c8ccccc8c7c6c5)cc4)cc3)ccc12. The van der Waals surface area contributed by atoms with Crippen LogP contribution in [-0.2, 0) is 0 Å². The molecule has 0 atom stereocenters. The van der Waals surface area contributed by atoms with E-state index in [1.54, 1.807) is 0 Å². The van der Waals surface area contributed by atoms with Crippen LogP contribution in [0.3, 0.4) is 0 Å². The van der Waals surface area contributed by atoms with Crippen molar-refractivity contribution in [2.45, 2.75) is 0 Å². The summed E-state index contributed by atoms with van der Waals surface area (Å²) in [6, 6.07) is 67.4. The molecule has 0 saturated heterocycles. The molecule has 0 radical (unpaired) electrons. The van der Waals surface area contributed by atoms with E-state index in [-0.39, 0.29) is 0 Å². The maximum absolute atomic E-state index is 2.42. The molecule has 1 heterocycles. The molecule has 0 nitrogen and oxygen atoms in total. The van der Waals surface area contributed by atoms with Gasteiger partial charge in [-0.2, -0.15) is 0 Å². The van der Waals surface area contributed by atoms with Crippen LogP contribution in [0.1, 0.15) is 0 Å². The van der Waals surface area contributed by atoms with Gasteiger partial charge < -0.3 is 0 Å². The predicted molar refractivity (Wildman–Crippen MR) is 223 cm³/mol. The van der Waals surface area contributed by atoms with E-state index in [0.717, 1.165) is 0 Å². The molecule has 1 heteroatoms. The minimum atomic E-state index is 1.22. The maximum atomic E-state index is 2.42. The highest BCUT2D eigenvalue weighted by Gasteiger charge is 2.16. The Morgan fingerprint density at radius 2 is 0.549 bits per heavy atom. The lowest BCUT2D eigenvalue weighted by atomic mass is 9.86. The molecule has 0 aliphatic heterocycles. The van der Waals surface area contributed by atoms with Crippen LogP contribution >= 0.6 is 11.3 Å². The van der Waals surface area contributed by atoms with Crippen LogP contribution < -0.4 is 0 Å². The fourth-order valence-electron chi connectivity index (χ4n) is 8.42. The zero-order valence-corrected chi connectivity index (χ0v) is 28.5. The molecule has 51 heavy (non-hydrogen) atoms. The lowest BCUT2D eigenvalue weighted by Crippen LogP contribution is -1.89. The van der Waals surface area contributed by atoms with Crippen molar-refractivity contribution in [3.63, 3.8) is 0 Å². The summed E-state index contributed by atoms with van der Waals surface area (Å²) < 4.78 is 2.68. The fraction of sp³-hybridized carbons (Fsp3) is 0. The maximum Gasteiger partial charge on any atom is 0.0361 e. The van der Waals surface area contributed by atoms with Crippen molar-refractivity contribution < 1.29 is 0 Å². The first-order valence-corrected chi connectivity index (χ1v) is 18.4. The molecule has 11 rings (SSSR count). The Kier molecular flexibility index (Phi) is 6.22. The topological polar surface area (TPSA) is 0 Å². The Bertz CT molecular complexity index is 3150. The highest BCUT2D eigenvalue weighted by Crippen LogP contribution is 2.45. The zero-order valence-electron chi connectivity index (χ0n) is 27.7. The van der Waals surface area contributed by atoms with Crippen molar-refractivity contribution in [1.29, 1.82) is 0 Å². The van der Waals surface area contributed by atoms with Crippen LogP contribution in [0, 0.1) is 0 Å². The second-order valence-corrected chi connectivity index (χ2v) is 14.7. The smallest absolute Gasteiger partial charge is 0.0361 e. The van der Waals surface area contributed by atoms with Gasteiger partial charge in [-0.1, -0.05) is 164 Å². The number of hydrogen-bond donors (Lipinski definition) is 0. The third kappa shape index (κ3) is 4.39. The largest absolute Gasteiger partial charge is 0.135 e. The third-order valence-electron chi connectivity index (χ3n) is 10.9. The van der Waals surface area contributed by atoms with E-state index in [1.807, 2.05) is 11.3 Å². The summed E-state index contributed by atoms with van der Waals surface area (Å²) in [7, 11) is 0. The number of benzene rings is 10. The standard InChI is InChI=1S/C50H30S/c1-4-13-43-37(9-1)38-10-2-6-15-45(38)50-46-29-35(25-27-40(46)39-11-3-5-14-44(39)49(43)50)33-21-17-31(18-22-33)32-19-23-34(24-20-32)36-26-28-42-41-12-7-8-16-47(41)51-48(42)30-36/h1-30H. The quantitative estimate of drug-likeness (QED) is 0.165. The molecule has 0 saturated carbocycles. The average molecular weight is 663 g/mol. The second-order valence-electron chi connectivity index (χ2n) is 13.6. The molecular formula is C50H30S. The van der Waals surface area contributed by atoms with E-state index in [2.05, 4.69) is 182 Å². The molecule has 0 amide bonds. The average Bonchev–Trinajstić information content (AvgIpc) is 3.58. The molecule has 0 aliphatic carbocycles. The molecule has 236 valence electrons. The Balaban J connectivity index is 1.00. The van der Waals surface area contributed by atoms with E-state index < -0.39 is 0 Å². The van der Waals surface area contributed by atoms with Gasteiger partial charge in [0.15, 0.2) is 0 Å². The minimum absolute atomic E-state index is 1.22. The van der Waals surface area contributed by atoms with Crippen molar-refractivity contribution >= 4 is 85.4 Å². The van der Waals surface area contributed by atoms with Gasteiger partial charge in [0, 0.05) is 20.2 Å². The van der Waals surface area contributed by atoms with Gasteiger partial charge in [0.1, 0.15) is 0 Å². The van der Waals surface area contributed by atoms with Gasteiger partial charge in [-0.15, -0.1) is 11.3 Å². The van der Waals surface area contributed by atoms with E-state index in [0.29, 0.717) is 0 Å². The first kappa shape index (κ1) is 28.5. The molecule has 0 fully saturated rings. The van der Waals surface area contributed by atoms with Crippen molar-refractivity contribution in [2.24, 2.45) is 0 Å². The molecule has 0 unspecified atom stereocenters. The van der Waals surface area contributed by atoms with E-state index in [9.17, 15) is 0 Å². The summed E-state index contributed by atoms with van der Waals surface area (Å²) >= 11 is 1.87. The number of fused-ring (bicyclic) bond motifs is 14. The van der Waals surface area contributed by atoms with Gasteiger partial charge in [0.05, 0.1) is 0 Å². The Morgan fingerprint density at radius 3 is 1.08 bits per heavy atom. The van der Waals surface area contributed by atoms with Crippen molar-refractivity contribution in [3.05, 3.63) is 182 Å². The van der Waals surface area contributed by atoms with Gasteiger partial charge in [-0.05, 0) is 105 Å². The molecule has 11 aromatic rings. The molecule has 0 bridgehead atoms. The van der Waals surface area contributed by atoms with E-state index in [4.69, 9.17) is 0 Å². The Labute approximate surface area is 299 Å². The molecular weight excluding hydrogens is 633 g/mol. The van der Waals surface area contributed by atoms with Gasteiger partial charge in [-0.25, -0.2) is 0 Å². The summed E-state index contributed by atoms with van der Waals surface area (Å²) in [5, 5.41) is 15.8. The normalized spacial score (nSPS) is 11.9. The Morgan fingerprint density at radius 1 is 0.216 bits per heavy atom. The molecule has 1 aromatic heterocycles. The lowest BCUT2D eigenvalue weighted by molar-refractivity contribution is 1.59. The van der Waals surface area contributed by atoms with Crippen molar-refractivity contribution in [2.75, 3.05) is 0 Å². The summed E-state index contributed by atoms with van der Waals surface area (Å²) in [6.07, 6.45) is 0. The van der Waals surface area contributed by atoms with Crippen molar-refractivity contribution in [1.82, 2.24) is 0 Å². The van der Waals surface area contributed by atoms with Crippen LogP contribution in [0.15, 0.2) is 182 Å². The lowest BCUT2D eigenvalue weighted by Gasteiger charge is -2.17. The van der Waals surface area contributed by atoms with Gasteiger partial charge >= 0.3 is 0 Å². The summed E-state index contributed by atoms with van der Waals surface area (Å²) in [5.74, 6) is 0. The first-order valence-electron chi connectivity index (χ1n) is 17.6.